The minimum Gasteiger partial charge on any atom is -0.309 e. The van der Waals surface area contributed by atoms with Gasteiger partial charge in [0, 0.05) is 5.02 Å². The van der Waals surface area contributed by atoms with Gasteiger partial charge in [0.05, 0.1) is 0 Å². The van der Waals surface area contributed by atoms with E-state index in [1.54, 1.807) is 12.1 Å². The third-order valence-electron chi connectivity index (χ3n) is 2.06. The standard InChI is InChI=1S/C11H15ClFN/c1-14(2)7-3-4-9-8-10(12)5-6-11(9)13/h5-6,8H,3-4,7H2,1-2H3. The van der Waals surface area contributed by atoms with E-state index in [4.69, 9.17) is 11.6 Å². The first-order chi connectivity index (χ1) is 6.59. The molecule has 0 aliphatic rings. The van der Waals surface area contributed by atoms with Crippen molar-refractivity contribution in [1.29, 1.82) is 0 Å². The lowest BCUT2D eigenvalue weighted by Crippen LogP contribution is -2.13. The van der Waals surface area contributed by atoms with Crippen LogP contribution >= 0.6 is 11.6 Å². The molecule has 0 bridgehead atoms. The Morgan fingerprint density at radius 3 is 2.71 bits per heavy atom. The Morgan fingerprint density at radius 1 is 1.36 bits per heavy atom. The molecule has 3 heteroatoms. The van der Waals surface area contributed by atoms with Gasteiger partial charge < -0.3 is 4.90 Å². The van der Waals surface area contributed by atoms with E-state index in [2.05, 4.69) is 4.90 Å². The normalized spacial score (nSPS) is 10.9. The lowest BCUT2D eigenvalue weighted by Gasteiger charge is -2.09. The molecule has 0 fully saturated rings. The number of nitrogens with zero attached hydrogens (tertiary/aromatic N) is 1. The average Bonchev–Trinajstić information content (AvgIpc) is 2.10. The summed E-state index contributed by atoms with van der Waals surface area (Å²) >= 11 is 5.78. The van der Waals surface area contributed by atoms with Gasteiger partial charge in [-0.05, 0) is 57.2 Å². The quantitative estimate of drug-likeness (QED) is 0.747. The third-order valence-corrected chi connectivity index (χ3v) is 2.29. The monoisotopic (exact) mass is 215 g/mol. The summed E-state index contributed by atoms with van der Waals surface area (Å²) in [7, 11) is 4.02. The van der Waals surface area contributed by atoms with Crippen molar-refractivity contribution in [3.8, 4) is 0 Å². The van der Waals surface area contributed by atoms with E-state index in [0.29, 0.717) is 10.6 Å². The van der Waals surface area contributed by atoms with E-state index in [-0.39, 0.29) is 5.82 Å². The van der Waals surface area contributed by atoms with Crippen LogP contribution in [0.5, 0.6) is 0 Å². The van der Waals surface area contributed by atoms with E-state index in [1.807, 2.05) is 14.1 Å². The third kappa shape index (κ3) is 3.64. The molecule has 0 heterocycles. The van der Waals surface area contributed by atoms with Crippen LogP contribution in [0.1, 0.15) is 12.0 Å². The Bertz CT molecular complexity index is 299. The van der Waals surface area contributed by atoms with Gasteiger partial charge in [0.1, 0.15) is 5.82 Å². The predicted molar refractivity (Wildman–Crippen MR) is 58.3 cm³/mol. The SMILES string of the molecule is CN(C)CCCc1cc(Cl)ccc1F. The molecule has 0 aromatic heterocycles. The lowest BCUT2D eigenvalue weighted by atomic mass is 10.1. The summed E-state index contributed by atoms with van der Waals surface area (Å²) < 4.78 is 13.2. The summed E-state index contributed by atoms with van der Waals surface area (Å²) in [6.45, 7) is 0.964. The fraction of sp³-hybridized carbons (Fsp3) is 0.455. The molecule has 0 radical (unpaired) electrons. The van der Waals surface area contributed by atoms with Crippen molar-refractivity contribution in [3.63, 3.8) is 0 Å². The van der Waals surface area contributed by atoms with Gasteiger partial charge >= 0.3 is 0 Å². The van der Waals surface area contributed by atoms with Crippen LogP contribution in [0.25, 0.3) is 0 Å². The molecule has 78 valence electrons. The van der Waals surface area contributed by atoms with Gasteiger partial charge in [0.25, 0.3) is 0 Å². The van der Waals surface area contributed by atoms with Crippen LogP contribution in [0.15, 0.2) is 18.2 Å². The molecule has 1 aromatic rings. The van der Waals surface area contributed by atoms with Crippen molar-refractivity contribution in [1.82, 2.24) is 4.90 Å². The number of hydrogen-bond donors (Lipinski definition) is 0. The fourth-order valence-corrected chi connectivity index (χ4v) is 1.52. The van der Waals surface area contributed by atoms with Gasteiger partial charge in [-0.3, -0.25) is 0 Å². The van der Waals surface area contributed by atoms with Crippen LogP contribution in [0.3, 0.4) is 0 Å². The van der Waals surface area contributed by atoms with Crippen LogP contribution in [0.2, 0.25) is 5.02 Å². The fourth-order valence-electron chi connectivity index (χ4n) is 1.32. The van der Waals surface area contributed by atoms with Crippen molar-refractivity contribution >= 4 is 11.6 Å². The summed E-state index contributed by atoms with van der Waals surface area (Å²) in [5, 5.41) is 0.603. The summed E-state index contributed by atoms with van der Waals surface area (Å²) in [4.78, 5) is 2.09. The van der Waals surface area contributed by atoms with Gasteiger partial charge in [-0.2, -0.15) is 0 Å². The van der Waals surface area contributed by atoms with Crippen LogP contribution in [-0.2, 0) is 6.42 Å². The Hall–Kier alpha value is -0.600. The molecule has 1 rings (SSSR count). The maximum Gasteiger partial charge on any atom is 0.126 e. The van der Waals surface area contributed by atoms with Gasteiger partial charge in [0.2, 0.25) is 0 Å². The first-order valence-corrected chi connectivity index (χ1v) is 5.06. The summed E-state index contributed by atoms with van der Waals surface area (Å²) in [6, 6.07) is 4.70. The zero-order chi connectivity index (χ0) is 10.6. The minimum absolute atomic E-state index is 0.159. The van der Waals surface area contributed by atoms with Crippen molar-refractivity contribution in [2.24, 2.45) is 0 Å². The highest BCUT2D eigenvalue weighted by molar-refractivity contribution is 6.30. The predicted octanol–water partition coefficient (Wildman–Crippen LogP) is 2.97. The maximum atomic E-state index is 13.2. The number of benzene rings is 1. The minimum atomic E-state index is -0.159. The number of halogens is 2. The second-order valence-corrected chi connectivity index (χ2v) is 4.08. The first kappa shape index (κ1) is 11.5. The highest BCUT2D eigenvalue weighted by Gasteiger charge is 2.02. The highest BCUT2D eigenvalue weighted by atomic mass is 35.5. The Labute approximate surface area is 89.5 Å². The van der Waals surface area contributed by atoms with E-state index >= 15 is 0 Å². The topological polar surface area (TPSA) is 3.24 Å². The van der Waals surface area contributed by atoms with Gasteiger partial charge in [-0.15, -0.1) is 0 Å². The number of rotatable bonds is 4. The average molecular weight is 216 g/mol. The Morgan fingerprint density at radius 2 is 2.07 bits per heavy atom. The second-order valence-electron chi connectivity index (χ2n) is 3.64. The highest BCUT2D eigenvalue weighted by Crippen LogP contribution is 2.16. The van der Waals surface area contributed by atoms with Gasteiger partial charge in [-0.25, -0.2) is 4.39 Å². The Balaban J connectivity index is 2.53. The molecule has 0 aliphatic heterocycles. The molecule has 1 aromatic carbocycles. The van der Waals surface area contributed by atoms with Crippen LogP contribution < -0.4 is 0 Å². The van der Waals surface area contributed by atoms with Gasteiger partial charge in [0.15, 0.2) is 0 Å². The van der Waals surface area contributed by atoms with Crippen LogP contribution in [-0.4, -0.2) is 25.5 Å². The molecule has 0 aliphatic carbocycles. The smallest absolute Gasteiger partial charge is 0.126 e. The molecule has 0 unspecified atom stereocenters. The van der Waals surface area contributed by atoms with E-state index < -0.39 is 0 Å². The first-order valence-electron chi connectivity index (χ1n) is 4.68. The zero-order valence-corrected chi connectivity index (χ0v) is 9.31. The molecule has 0 saturated carbocycles. The van der Waals surface area contributed by atoms with E-state index in [9.17, 15) is 4.39 Å². The van der Waals surface area contributed by atoms with Crippen molar-refractivity contribution < 1.29 is 4.39 Å². The van der Waals surface area contributed by atoms with Crippen LogP contribution in [0, 0.1) is 5.82 Å². The van der Waals surface area contributed by atoms with Crippen molar-refractivity contribution in [2.45, 2.75) is 12.8 Å². The van der Waals surface area contributed by atoms with Crippen LogP contribution in [0.4, 0.5) is 4.39 Å². The second kappa shape index (κ2) is 5.32. The van der Waals surface area contributed by atoms with Crippen molar-refractivity contribution in [3.05, 3.63) is 34.6 Å². The van der Waals surface area contributed by atoms with E-state index in [1.165, 1.54) is 6.07 Å². The molecular weight excluding hydrogens is 201 g/mol. The molecule has 14 heavy (non-hydrogen) atoms. The summed E-state index contributed by atoms with van der Waals surface area (Å²) in [6.07, 6.45) is 1.69. The molecule has 0 N–H and O–H groups in total. The largest absolute Gasteiger partial charge is 0.309 e. The molecule has 1 nitrogen and oxygen atoms in total. The molecule has 0 saturated heterocycles. The molecule has 0 atom stereocenters. The zero-order valence-electron chi connectivity index (χ0n) is 8.56. The summed E-state index contributed by atoms with van der Waals surface area (Å²) in [5.41, 5.74) is 0.708. The Kier molecular flexibility index (Phi) is 4.36. The number of hydrogen-bond acceptors (Lipinski definition) is 1. The maximum absolute atomic E-state index is 13.2. The lowest BCUT2D eigenvalue weighted by molar-refractivity contribution is 0.399. The van der Waals surface area contributed by atoms with E-state index in [0.717, 1.165) is 19.4 Å². The van der Waals surface area contributed by atoms with Gasteiger partial charge in [-0.1, -0.05) is 11.6 Å². The number of aryl methyl sites for hydroxylation is 1. The molecule has 0 spiro atoms. The van der Waals surface area contributed by atoms with Crippen molar-refractivity contribution in [2.75, 3.05) is 20.6 Å². The molecule has 0 amide bonds. The molecular formula is C11H15ClFN. The summed E-state index contributed by atoms with van der Waals surface area (Å²) in [5.74, 6) is -0.159.